The second-order valence-corrected chi connectivity index (χ2v) is 4.51. The lowest BCUT2D eigenvalue weighted by atomic mass is 10.2. The fourth-order valence-corrected chi connectivity index (χ4v) is 1.59. The largest absolute Gasteiger partial charge is 0.474 e. The Balaban J connectivity index is 2.13. The van der Waals surface area contributed by atoms with E-state index in [-0.39, 0.29) is 12.0 Å². The number of aromatic amines is 1. The van der Waals surface area contributed by atoms with E-state index < -0.39 is 0 Å². The zero-order chi connectivity index (χ0) is 13.8. The number of hydrogen-bond acceptors (Lipinski definition) is 4. The zero-order valence-electron chi connectivity index (χ0n) is 10.5. The van der Waals surface area contributed by atoms with Crippen molar-refractivity contribution in [3.05, 3.63) is 35.1 Å². The molecule has 1 amide bonds. The highest BCUT2D eigenvalue weighted by molar-refractivity contribution is 6.32. The molecule has 0 spiro atoms. The Bertz CT molecular complexity index is 569. The van der Waals surface area contributed by atoms with Crippen LogP contribution in [-0.2, 0) is 0 Å². The lowest BCUT2D eigenvalue weighted by Crippen LogP contribution is -2.13. The number of amides is 1. The van der Waals surface area contributed by atoms with Crippen LogP contribution in [0.2, 0.25) is 5.02 Å². The van der Waals surface area contributed by atoms with Crippen molar-refractivity contribution in [3.8, 4) is 5.88 Å². The van der Waals surface area contributed by atoms with E-state index in [0.717, 1.165) is 0 Å². The number of aromatic nitrogens is 3. The molecule has 0 saturated carbocycles. The number of pyridine rings is 1. The Kier molecular flexibility index (Phi) is 4.01. The standard InChI is InChI=1S/C12H13ClN4O2/c1-7(2)19-12-9(13)5-8(6-14-12)11(18)16-10-3-4-15-17-10/h3-7H,1-2H3,(H2,15,16,17,18). The number of H-pyrrole nitrogens is 1. The normalized spacial score (nSPS) is 10.5. The van der Waals surface area contributed by atoms with Gasteiger partial charge in [0.2, 0.25) is 5.88 Å². The molecule has 0 unspecified atom stereocenters. The molecule has 2 aromatic heterocycles. The SMILES string of the molecule is CC(C)Oc1ncc(C(=O)Nc2ccn[nH]2)cc1Cl. The first-order chi connectivity index (χ1) is 9.06. The minimum atomic E-state index is -0.324. The molecule has 2 rings (SSSR count). The van der Waals surface area contributed by atoms with Crippen molar-refractivity contribution in [2.75, 3.05) is 5.32 Å². The van der Waals surface area contributed by atoms with E-state index in [4.69, 9.17) is 16.3 Å². The Morgan fingerprint density at radius 3 is 2.89 bits per heavy atom. The van der Waals surface area contributed by atoms with Gasteiger partial charge in [-0.2, -0.15) is 5.10 Å². The third kappa shape index (κ3) is 3.45. The quantitative estimate of drug-likeness (QED) is 0.902. The Morgan fingerprint density at radius 1 is 1.53 bits per heavy atom. The highest BCUT2D eigenvalue weighted by Gasteiger charge is 2.12. The summed E-state index contributed by atoms with van der Waals surface area (Å²) in [7, 11) is 0. The van der Waals surface area contributed by atoms with E-state index in [2.05, 4.69) is 20.5 Å². The number of nitrogens with one attached hydrogen (secondary N) is 2. The molecule has 0 aliphatic rings. The number of carbonyl (C=O) groups is 1. The van der Waals surface area contributed by atoms with Gasteiger partial charge in [0.05, 0.1) is 17.9 Å². The summed E-state index contributed by atoms with van der Waals surface area (Å²) >= 11 is 6.01. The topological polar surface area (TPSA) is 79.9 Å². The van der Waals surface area contributed by atoms with Crippen molar-refractivity contribution >= 4 is 23.3 Å². The van der Waals surface area contributed by atoms with Crippen LogP contribution in [0.1, 0.15) is 24.2 Å². The zero-order valence-corrected chi connectivity index (χ0v) is 11.2. The molecule has 0 radical (unpaired) electrons. The molecule has 6 nitrogen and oxygen atoms in total. The first-order valence-corrected chi connectivity index (χ1v) is 6.07. The lowest BCUT2D eigenvalue weighted by Gasteiger charge is -2.10. The van der Waals surface area contributed by atoms with Crippen molar-refractivity contribution in [1.29, 1.82) is 0 Å². The van der Waals surface area contributed by atoms with Crippen LogP contribution in [0.4, 0.5) is 5.82 Å². The van der Waals surface area contributed by atoms with Gasteiger partial charge in [-0.15, -0.1) is 0 Å². The number of rotatable bonds is 4. The van der Waals surface area contributed by atoms with Gasteiger partial charge in [-0.05, 0) is 19.9 Å². The molecule has 2 heterocycles. The number of ether oxygens (including phenoxy) is 1. The van der Waals surface area contributed by atoms with E-state index >= 15 is 0 Å². The van der Waals surface area contributed by atoms with Crippen molar-refractivity contribution < 1.29 is 9.53 Å². The molecule has 0 bridgehead atoms. The van der Waals surface area contributed by atoms with Crippen LogP contribution in [0, 0.1) is 0 Å². The van der Waals surface area contributed by atoms with Crippen molar-refractivity contribution in [3.63, 3.8) is 0 Å². The van der Waals surface area contributed by atoms with Gasteiger partial charge in [0.15, 0.2) is 0 Å². The maximum absolute atomic E-state index is 11.9. The Labute approximate surface area is 115 Å². The highest BCUT2D eigenvalue weighted by atomic mass is 35.5. The molecule has 2 aromatic rings. The van der Waals surface area contributed by atoms with E-state index in [9.17, 15) is 4.79 Å². The van der Waals surface area contributed by atoms with Crippen molar-refractivity contribution in [1.82, 2.24) is 15.2 Å². The van der Waals surface area contributed by atoms with Crippen LogP contribution in [0.15, 0.2) is 24.5 Å². The van der Waals surface area contributed by atoms with E-state index in [1.165, 1.54) is 12.3 Å². The van der Waals surface area contributed by atoms with Crippen molar-refractivity contribution in [2.45, 2.75) is 20.0 Å². The lowest BCUT2D eigenvalue weighted by molar-refractivity contribution is 0.102. The summed E-state index contributed by atoms with van der Waals surface area (Å²) in [4.78, 5) is 15.9. The molecule has 100 valence electrons. The molecule has 19 heavy (non-hydrogen) atoms. The van der Waals surface area contributed by atoms with Crippen LogP contribution in [-0.4, -0.2) is 27.2 Å². The molecule has 0 aliphatic carbocycles. The Hall–Kier alpha value is -2.08. The van der Waals surface area contributed by atoms with Crippen LogP contribution in [0.5, 0.6) is 5.88 Å². The van der Waals surface area contributed by atoms with Crippen LogP contribution in [0.25, 0.3) is 0 Å². The van der Waals surface area contributed by atoms with Gasteiger partial charge in [0.1, 0.15) is 10.8 Å². The molecule has 7 heteroatoms. The minimum Gasteiger partial charge on any atom is -0.474 e. The summed E-state index contributed by atoms with van der Waals surface area (Å²) in [6.45, 7) is 3.74. The molecule has 0 fully saturated rings. The molecule has 0 aliphatic heterocycles. The second kappa shape index (κ2) is 5.71. The maximum Gasteiger partial charge on any atom is 0.258 e. The number of anilines is 1. The van der Waals surface area contributed by atoms with Crippen molar-refractivity contribution in [2.24, 2.45) is 0 Å². The maximum atomic E-state index is 11.9. The number of halogens is 1. The highest BCUT2D eigenvalue weighted by Crippen LogP contribution is 2.23. The first-order valence-electron chi connectivity index (χ1n) is 5.69. The summed E-state index contributed by atoms with van der Waals surface area (Å²) in [6.07, 6.45) is 2.92. The molecular weight excluding hydrogens is 268 g/mol. The molecule has 0 saturated heterocycles. The Morgan fingerprint density at radius 2 is 2.32 bits per heavy atom. The van der Waals surface area contributed by atoms with Crippen LogP contribution < -0.4 is 10.1 Å². The second-order valence-electron chi connectivity index (χ2n) is 4.10. The summed E-state index contributed by atoms with van der Waals surface area (Å²) in [5.74, 6) is 0.494. The first kappa shape index (κ1) is 13.4. The summed E-state index contributed by atoms with van der Waals surface area (Å²) in [6, 6.07) is 3.15. The van der Waals surface area contributed by atoms with Gasteiger partial charge in [0, 0.05) is 12.3 Å². The number of carbonyl (C=O) groups excluding carboxylic acids is 1. The third-order valence-corrected chi connectivity index (χ3v) is 2.44. The van der Waals surface area contributed by atoms with Crippen LogP contribution >= 0.6 is 11.6 Å². The van der Waals surface area contributed by atoms with E-state index in [0.29, 0.717) is 22.3 Å². The third-order valence-electron chi connectivity index (χ3n) is 2.17. The van der Waals surface area contributed by atoms with E-state index in [1.54, 1.807) is 12.3 Å². The molecule has 0 atom stereocenters. The molecule has 0 aromatic carbocycles. The van der Waals surface area contributed by atoms with Gasteiger partial charge >= 0.3 is 0 Å². The summed E-state index contributed by atoms with van der Waals surface area (Å²) in [5, 5.41) is 9.29. The molecule has 2 N–H and O–H groups in total. The summed E-state index contributed by atoms with van der Waals surface area (Å²) < 4.78 is 5.39. The van der Waals surface area contributed by atoms with Gasteiger partial charge < -0.3 is 10.1 Å². The fourth-order valence-electron chi connectivity index (χ4n) is 1.38. The monoisotopic (exact) mass is 280 g/mol. The van der Waals surface area contributed by atoms with Gasteiger partial charge in [-0.25, -0.2) is 4.98 Å². The number of hydrogen-bond donors (Lipinski definition) is 2. The summed E-state index contributed by atoms with van der Waals surface area (Å²) in [5.41, 5.74) is 0.343. The minimum absolute atomic E-state index is 0.0327. The predicted molar refractivity (Wildman–Crippen MR) is 71.6 cm³/mol. The number of nitrogens with zero attached hydrogens (tertiary/aromatic N) is 2. The average Bonchev–Trinajstić information content (AvgIpc) is 2.84. The van der Waals surface area contributed by atoms with E-state index in [1.807, 2.05) is 13.8 Å². The average molecular weight is 281 g/mol. The smallest absolute Gasteiger partial charge is 0.258 e. The fraction of sp³-hybridized carbons (Fsp3) is 0.250. The van der Waals surface area contributed by atoms with Gasteiger partial charge in [0.25, 0.3) is 5.91 Å². The molecular formula is C12H13ClN4O2. The van der Waals surface area contributed by atoms with Crippen LogP contribution in [0.3, 0.4) is 0 Å². The van der Waals surface area contributed by atoms with Gasteiger partial charge in [-0.3, -0.25) is 9.89 Å². The predicted octanol–water partition coefficient (Wildman–Crippen LogP) is 2.50. The van der Waals surface area contributed by atoms with Gasteiger partial charge in [-0.1, -0.05) is 11.6 Å².